The van der Waals surface area contributed by atoms with Gasteiger partial charge in [0, 0.05) is 6.54 Å². The molecule has 1 N–H and O–H groups in total. The fourth-order valence-corrected chi connectivity index (χ4v) is 4.41. The van der Waals surface area contributed by atoms with Crippen molar-refractivity contribution in [3.8, 4) is 0 Å². The highest BCUT2D eigenvalue weighted by atomic mass is 35.5. The molecule has 152 valence electrons. The summed E-state index contributed by atoms with van der Waals surface area (Å²) in [7, 11) is -3.70. The number of anilines is 1. The normalized spacial score (nSPS) is 12.5. The van der Waals surface area contributed by atoms with Crippen molar-refractivity contribution in [2.75, 3.05) is 17.1 Å². The lowest BCUT2D eigenvalue weighted by atomic mass is 10.1. The molecule has 0 saturated carbocycles. The molecule has 0 aromatic heterocycles. The van der Waals surface area contributed by atoms with Gasteiger partial charge in [-0.05, 0) is 50.5 Å². The molecule has 0 fully saturated rings. The van der Waals surface area contributed by atoms with Crippen molar-refractivity contribution in [2.45, 2.75) is 32.7 Å². The SMILES string of the molecule is Cc1cccc(CCCNC(=O)[C@H](C)N(c2ccc(Cl)c(Cl)c2)S(C)(=O)=O)c1. The highest BCUT2D eigenvalue weighted by molar-refractivity contribution is 7.92. The highest BCUT2D eigenvalue weighted by Crippen LogP contribution is 2.29. The molecule has 0 aliphatic rings. The number of aryl methyl sites for hydroxylation is 2. The van der Waals surface area contributed by atoms with Crippen LogP contribution in [0, 0.1) is 6.92 Å². The lowest BCUT2D eigenvalue weighted by Crippen LogP contribution is -2.48. The van der Waals surface area contributed by atoms with Crippen molar-refractivity contribution < 1.29 is 13.2 Å². The standard InChI is InChI=1S/C20H24Cl2N2O3S/c1-14-6-4-7-16(12-14)8-5-11-23-20(25)15(2)24(28(3,26)27)17-9-10-18(21)19(22)13-17/h4,6-7,9-10,12-13,15H,5,8,11H2,1-3H3,(H,23,25)/t15-/m0/s1. The lowest BCUT2D eigenvalue weighted by Gasteiger charge is -2.28. The van der Waals surface area contributed by atoms with Gasteiger partial charge in [0.1, 0.15) is 6.04 Å². The van der Waals surface area contributed by atoms with Crippen molar-refractivity contribution in [1.82, 2.24) is 5.32 Å². The second-order valence-corrected chi connectivity index (χ2v) is 9.39. The topological polar surface area (TPSA) is 66.5 Å². The van der Waals surface area contributed by atoms with E-state index in [1.807, 2.05) is 25.1 Å². The number of hydrogen-bond donors (Lipinski definition) is 1. The summed E-state index contributed by atoms with van der Waals surface area (Å²) in [6, 6.07) is 11.7. The fraction of sp³-hybridized carbons (Fsp3) is 0.350. The minimum absolute atomic E-state index is 0.221. The smallest absolute Gasteiger partial charge is 0.243 e. The molecule has 1 atom stereocenters. The Kier molecular flexibility index (Phi) is 7.75. The number of amides is 1. The molecule has 0 aliphatic heterocycles. The van der Waals surface area contributed by atoms with Crippen molar-refractivity contribution >= 4 is 44.8 Å². The quantitative estimate of drug-likeness (QED) is 0.622. The monoisotopic (exact) mass is 442 g/mol. The molecular weight excluding hydrogens is 419 g/mol. The number of nitrogens with zero attached hydrogens (tertiary/aromatic N) is 1. The van der Waals surface area contributed by atoms with E-state index in [0.29, 0.717) is 17.3 Å². The molecule has 0 saturated heterocycles. The average molecular weight is 443 g/mol. The fourth-order valence-electron chi connectivity index (χ4n) is 2.95. The van der Waals surface area contributed by atoms with Crippen LogP contribution in [0.4, 0.5) is 5.69 Å². The summed E-state index contributed by atoms with van der Waals surface area (Å²) in [6.45, 7) is 4.03. The lowest BCUT2D eigenvalue weighted by molar-refractivity contribution is -0.121. The van der Waals surface area contributed by atoms with Gasteiger partial charge in [-0.15, -0.1) is 0 Å². The summed E-state index contributed by atoms with van der Waals surface area (Å²) in [5.74, 6) is -0.374. The van der Waals surface area contributed by atoms with E-state index in [4.69, 9.17) is 23.2 Å². The van der Waals surface area contributed by atoms with Crippen LogP contribution in [0.15, 0.2) is 42.5 Å². The third-order valence-corrected chi connectivity index (χ3v) is 6.25. The van der Waals surface area contributed by atoms with Crippen LogP contribution in [0.3, 0.4) is 0 Å². The maximum atomic E-state index is 12.5. The zero-order valence-corrected chi connectivity index (χ0v) is 18.4. The third-order valence-electron chi connectivity index (χ3n) is 4.27. The Morgan fingerprint density at radius 1 is 1.14 bits per heavy atom. The van der Waals surface area contributed by atoms with Gasteiger partial charge >= 0.3 is 0 Å². The van der Waals surface area contributed by atoms with E-state index in [-0.39, 0.29) is 10.9 Å². The van der Waals surface area contributed by atoms with Gasteiger partial charge in [0.05, 0.1) is 22.0 Å². The molecule has 1 amide bonds. The summed E-state index contributed by atoms with van der Waals surface area (Å²) >= 11 is 11.9. The maximum absolute atomic E-state index is 12.5. The number of hydrogen-bond acceptors (Lipinski definition) is 3. The zero-order chi connectivity index (χ0) is 20.9. The molecule has 0 radical (unpaired) electrons. The first-order valence-electron chi connectivity index (χ1n) is 8.87. The second kappa shape index (κ2) is 9.63. The summed E-state index contributed by atoms with van der Waals surface area (Å²) in [5.41, 5.74) is 2.69. The van der Waals surface area contributed by atoms with Gasteiger partial charge in [0.2, 0.25) is 15.9 Å². The molecule has 0 heterocycles. The highest BCUT2D eigenvalue weighted by Gasteiger charge is 2.29. The first kappa shape index (κ1) is 22.5. The molecule has 2 rings (SSSR count). The van der Waals surface area contributed by atoms with E-state index in [2.05, 4.69) is 11.4 Å². The molecule has 28 heavy (non-hydrogen) atoms. The molecule has 2 aromatic carbocycles. The van der Waals surface area contributed by atoms with Crippen molar-refractivity contribution in [3.63, 3.8) is 0 Å². The summed E-state index contributed by atoms with van der Waals surface area (Å²) in [6.07, 6.45) is 2.64. The maximum Gasteiger partial charge on any atom is 0.243 e. The van der Waals surface area contributed by atoms with E-state index in [1.165, 1.54) is 29.3 Å². The number of halogens is 2. The zero-order valence-electron chi connectivity index (χ0n) is 16.1. The van der Waals surface area contributed by atoms with Crippen molar-refractivity contribution in [1.29, 1.82) is 0 Å². The van der Waals surface area contributed by atoms with E-state index < -0.39 is 16.1 Å². The van der Waals surface area contributed by atoms with Gasteiger partial charge in [-0.25, -0.2) is 8.42 Å². The van der Waals surface area contributed by atoms with Crippen molar-refractivity contribution in [2.24, 2.45) is 0 Å². The number of carbonyl (C=O) groups excluding carboxylic acids is 1. The van der Waals surface area contributed by atoms with Crippen LogP contribution in [0.1, 0.15) is 24.5 Å². The van der Waals surface area contributed by atoms with Crippen LogP contribution in [0.25, 0.3) is 0 Å². The van der Waals surface area contributed by atoms with Gasteiger partial charge in [-0.3, -0.25) is 9.10 Å². The van der Waals surface area contributed by atoms with E-state index in [9.17, 15) is 13.2 Å². The van der Waals surface area contributed by atoms with Crippen LogP contribution >= 0.6 is 23.2 Å². The predicted molar refractivity (Wildman–Crippen MR) is 116 cm³/mol. The number of carbonyl (C=O) groups is 1. The van der Waals surface area contributed by atoms with Gasteiger partial charge in [0.25, 0.3) is 0 Å². The molecule has 2 aromatic rings. The number of sulfonamides is 1. The van der Waals surface area contributed by atoms with E-state index in [0.717, 1.165) is 23.4 Å². The molecule has 0 spiro atoms. The minimum atomic E-state index is -3.70. The van der Waals surface area contributed by atoms with E-state index in [1.54, 1.807) is 6.92 Å². The molecule has 0 aliphatic carbocycles. The van der Waals surface area contributed by atoms with E-state index >= 15 is 0 Å². The van der Waals surface area contributed by atoms with Crippen LogP contribution in [0.5, 0.6) is 0 Å². The molecular formula is C20H24Cl2N2O3S. The van der Waals surface area contributed by atoms with Crippen LogP contribution in [-0.4, -0.2) is 33.2 Å². The van der Waals surface area contributed by atoms with Crippen LogP contribution in [0.2, 0.25) is 10.0 Å². The number of benzene rings is 2. The predicted octanol–water partition coefficient (Wildman–Crippen LogP) is 4.21. The van der Waals surface area contributed by atoms with Gasteiger partial charge < -0.3 is 5.32 Å². The Morgan fingerprint density at radius 2 is 1.86 bits per heavy atom. The van der Waals surface area contributed by atoms with Gasteiger partial charge in [0.15, 0.2) is 0 Å². The van der Waals surface area contributed by atoms with Crippen LogP contribution < -0.4 is 9.62 Å². The Hall–Kier alpha value is -1.76. The Balaban J connectivity index is 2.02. The third kappa shape index (κ3) is 6.12. The van der Waals surface area contributed by atoms with Crippen molar-refractivity contribution in [3.05, 3.63) is 63.6 Å². The number of rotatable bonds is 8. The molecule has 0 bridgehead atoms. The molecule has 0 unspecified atom stereocenters. The Morgan fingerprint density at radius 3 is 2.46 bits per heavy atom. The van der Waals surface area contributed by atoms with Gasteiger partial charge in [-0.2, -0.15) is 0 Å². The molecule has 5 nitrogen and oxygen atoms in total. The first-order chi connectivity index (χ1) is 13.1. The average Bonchev–Trinajstić information content (AvgIpc) is 2.60. The largest absolute Gasteiger partial charge is 0.354 e. The Bertz CT molecular complexity index is 948. The Labute approximate surface area is 176 Å². The first-order valence-corrected chi connectivity index (χ1v) is 11.5. The summed E-state index contributed by atoms with van der Waals surface area (Å²) < 4.78 is 25.6. The summed E-state index contributed by atoms with van der Waals surface area (Å²) in [4.78, 5) is 12.5. The molecule has 8 heteroatoms. The second-order valence-electron chi connectivity index (χ2n) is 6.72. The summed E-state index contributed by atoms with van der Waals surface area (Å²) in [5, 5.41) is 3.34. The minimum Gasteiger partial charge on any atom is -0.354 e. The van der Waals surface area contributed by atoms with Crippen LogP contribution in [-0.2, 0) is 21.2 Å². The number of nitrogens with one attached hydrogen (secondary N) is 1. The van der Waals surface area contributed by atoms with Gasteiger partial charge in [-0.1, -0.05) is 53.0 Å².